The van der Waals surface area contributed by atoms with E-state index in [2.05, 4.69) is 14.8 Å². The fourth-order valence-electron chi connectivity index (χ4n) is 3.40. The van der Waals surface area contributed by atoms with Gasteiger partial charge in [0.15, 0.2) is 0 Å². The molecule has 0 heterocycles. The molecule has 4 rings (SSSR count). The van der Waals surface area contributed by atoms with Crippen molar-refractivity contribution in [3.8, 4) is 0 Å². The zero-order valence-corrected chi connectivity index (χ0v) is 21.4. The molecule has 0 bridgehead atoms. The minimum absolute atomic E-state index is 0.0855. The van der Waals surface area contributed by atoms with Crippen LogP contribution in [-0.2, 0) is 26.2 Å². The number of sulfonamides is 2. The number of benzene rings is 4. The second-order valence-electron chi connectivity index (χ2n) is 8.16. The van der Waals surface area contributed by atoms with E-state index in [9.17, 15) is 34.8 Å². The third-order valence-corrected chi connectivity index (χ3v) is 8.11. The lowest BCUT2D eigenvalue weighted by Gasteiger charge is -2.12. The van der Waals surface area contributed by atoms with E-state index in [0.29, 0.717) is 6.07 Å². The molecule has 0 atom stereocenters. The van der Waals surface area contributed by atoms with E-state index in [1.165, 1.54) is 66.7 Å². The summed E-state index contributed by atoms with van der Waals surface area (Å²) in [6.45, 7) is 0. The van der Waals surface area contributed by atoms with Crippen molar-refractivity contribution >= 4 is 43.0 Å². The SMILES string of the molecule is O=C(Nc1ccc(S(=O)(=O)Nc2cccc(C(F)(F)F)c2)cc1)c1ccc(NS(=O)(=O)c2ccccc2)cc1. The van der Waals surface area contributed by atoms with E-state index < -0.39 is 37.7 Å². The van der Waals surface area contributed by atoms with E-state index in [1.54, 1.807) is 18.2 Å². The maximum absolute atomic E-state index is 12.9. The van der Waals surface area contributed by atoms with E-state index >= 15 is 0 Å². The number of hydrogen-bond donors (Lipinski definition) is 3. The molecule has 0 aliphatic heterocycles. The number of carbonyl (C=O) groups excluding carboxylic acids is 1. The van der Waals surface area contributed by atoms with Gasteiger partial charge in [-0.15, -0.1) is 0 Å². The summed E-state index contributed by atoms with van der Waals surface area (Å²) in [6.07, 6.45) is -4.63. The van der Waals surface area contributed by atoms with Crippen LogP contribution in [0.3, 0.4) is 0 Å². The summed E-state index contributed by atoms with van der Waals surface area (Å²) >= 11 is 0. The zero-order chi connectivity index (χ0) is 28.3. The molecule has 0 unspecified atom stereocenters. The minimum atomic E-state index is -4.63. The molecule has 13 heteroatoms. The molecule has 4 aromatic rings. The molecule has 39 heavy (non-hydrogen) atoms. The van der Waals surface area contributed by atoms with Crippen LogP contribution in [0.25, 0.3) is 0 Å². The number of nitrogens with one attached hydrogen (secondary N) is 3. The number of anilines is 3. The number of rotatable bonds is 8. The number of halogens is 3. The first-order valence-corrected chi connectivity index (χ1v) is 14.1. The van der Waals surface area contributed by atoms with Gasteiger partial charge in [-0.25, -0.2) is 16.8 Å². The Morgan fingerprint density at radius 3 is 1.72 bits per heavy atom. The summed E-state index contributed by atoms with van der Waals surface area (Å²) in [6, 6.07) is 22.2. The van der Waals surface area contributed by atoms with Gasteiger partial charge in [0.1, 0.15) is 0 Å². The van der Waals surface area contributed by atoms with Crippen molar-refractivity contribution < 1.29 is 34.8 Å². The van der Waals surface area contributed by atoms with Crippen LogP contribution >= 0.6 is 0 Å². The molecule has 0 aromatic heterocycles. The molecule has 4 aromatic carbocycles. The normalized spacial score (nSPS) is 12.0. The highest BCUT2D eigenvalue weighted by molar-refractivity contribution is 7.93. The van der Waals surface area contributed by atoms with Gasteiger partial charge in [0.25, 0.3) is 26.0 Å². The largest absolute Gasteiger partial charge is 0.416 e. The van der Waals surface area contributed by atoms with Gasteiger partial charge in [-0.3, -0.25) is 14.2 Å². The smallest absolute Gasteiger partial charge is 0.322 e. The first kappa shape index (κ1) is 27.7. The lowest BCUT2D eigenvalue weighted by Crippen LogP contribution is -2.15. The van der Waals surface area contributed by atoms with Crippen molar-refractivity contribution in [1.29, 1.82) is 0 Å². The second-order valence-corrected chi connectivity index (χ2v) is 11.5. The molecule has 0 fully saturated rings. The standard InChI is InChI=1S/C26H20F3N3O5S2/c27-26(28,29)19-5-4-6-22(17-19)32-39(36,37)24-15-13-20(14-16-24)30-25(33)18-9-11-21(12-10-18)31-38(34,35)23-7-2-1-3-8-23/h1-17,31-32H,(H,30,33). The summed E-state index contributed by atoms with van der Waals surface area (Å²) in [7, 11) is -7.99. The van der Waals surface area contributed by atoms with Crippen molar-refractivity contribution in [1.82, 2.24) is 0 Å². The minimum Gasteiger partial charge on any atom is -0.322 e. The summed E-state index contributed by atoms with van der Waals surface area (Å²) in [4.78, 5) is 12.5. The molecular formula is C26H20F3N3O5S2. The van der Waals surface area contributed by atoms with Gasteiger partial charge in [0.05, 0.1) is 15.4 Å². The molecule has 3 N–H and O–H groups in total. The van der Waals surface area contributed by atoms with Crippen molar-refractivity contribution in [2.45, 2.75) is 16.0 Å². The highest BCUT2D eigenvalue weighted by Gasteiger charge is 2.30. The van der Waals surface area contributed by atoms with Crippen molar-refractivity contribution in [2.75, 3.05) is 14.8 Å². The van der Waals surface area contributed by atoms with E-state index in [-0.39, 0.29) is 32.4 Å². The van der Waals surface area contributed by atoms with Crippen LogP contribution in [-0.4, -0.2) is 22.7 Å². The molecule has 1 amide bonds. The Bertz CT molecular complexity index is 1690. The molecular weight excluding hydrogens is 555 g/mol. The van der Waals surface area contributed by atoms with Crippen LogP contribution in [0, 0.1) is 0 Å². The average Bonchev–Trinajstić information content (AvgIpc) is 2.89. The number of hydrogen-bond acceptors (Lipinski definition) is 5. The summed E-state index contributed by atoms with van der Waals surface area (Å²) in [5.74, 6) is -0.537. The van der Waals surface area contributed by atoms with Crippen LogP contribution in [0.15, 0.2) is 113 Å². The molecule has 0 saturated carbocycles. The molecule has 0 aliphatic carbocycles. The first-order valence-electron chi connectivity index (χ1n) is 11.1. The molecule has 0 saturated heterocycles. The van der Waals surface area contributed by atoms with Crippen molar-refractivity contribution in [3.05, 3.63) is 114 Å². The van der Waals surface area contributed by atoms with E-state index in [1.807, 2.05) is 0 Å². The third kappa shape index (κ3) is 6.94. The van der Waals surface area contributed by atoms with Gasteiger partial charge in [-0.2, -0.15) is 13.2 Å². The van der Waals surface area contributed by atoms with Crippen LogP contribution in [0.2, 0.25) is 0 Å². The van der Waals surface area contributed by atoms with Gasteiger partial charge in [-0.05, 0) is 78.9 Å². The Morgan fingerprint density at radius 1 is 0.590 bits per heavy atom. The Hall–Kier alpha value is -4.36. The van der Waals surface area contributed by atoms with Crippen LogP contribution in [0.4, 0.5) is 30.2 Å². The lowest BCUT2D eigenvalue weighted by atomic mass is 10.2. The highest BCUT2D eigenvalue weighted by Crippen LogP contribution is 2.31. The highest BCUT2D eigenvalue weighted by atomic mass is 32.2. The fourth-order valence-corrected chi connectivity index (χ4v) is 5.53. The Morgan fingerprint density at radius 2 is 1.13 bits per heavy atom. The fraction of sp³-hybridized carbons (Fsp3) is 0.0385. The average molecular weight is 576 g/mol. The summed E-state index contributed by atoms with van der Waals surface area (Å²) in [5, 5.41) is 2.59. The number of alkyl halides is 3. The van der Waals surface area contributed by atoms with E-state index in [4.69, 9.17) is 0 Å². The predicted molar refractivity (Wildman–Crippen MR) is 140 cm³/mol. The molecule has 0 spiro atoms. The number of carbonyl (C=O) groups is 1. The van der Waals surface area contributed by atoms with Gasteiger partial charge in [-0.1, -0.05) is 24.3 Å². The monoisotopic (exact) mass is 575 g/mol. The second kappa shape index (κ2) is 10.8. The van der Waals surface area contributed by atoms with Crippen LogP contribution in [0.5, 0.6) is 0 Å². The van der Waals surface area contributed by atoms with Crippen LogP contribution < -0.4 is 14.8 Å². The summed E-state index contributed by atoms with van der Waals surface area (Å²) in [5.41, 5.74) is -0.537. The lowest BCUT2D eigenvalue weighted by molar-refractivity contribution is -0.137. The molecule has 202 valence electrons. The Kier molecular flexibility index (Phi) is 7.65. The summed E-state index contributed by atoms with van der Waals surface area (Å²) < 4.78 is 93.3. The van der Waals surface area contributed by atoms with Gasteiger partial charge < -0.3 is 5.32 Å². The van der Waals surface area contributed by atoms with Crippen LogP contribution in [0.1, 0.15) is 15.9 Å². The topological polar surface area (TPSA) is 121 Å². The number of amides is 1. The van der Waals surface area contributed by atoms with Gasteiger partial charge in [0.2, 0.25) is 0 Å². The predicted octanol–water partition coefficient (Wildman–Crippen LogP) is 5.56. The molecule has 0 aliphatic rings. The Labute approximate surface area is 222 Å². The van der Waals surface area contributed by atoms with Gasteiger partial charge >= 0.3 is 6.18 Å². The van der Waals surface area contributed by atoms with Gasteiger partial charge in [0, 0.05) is 22.6 Å². The third-order valence-electron chi connectivity index (χ3n) is 5.32. The Balaban J connectivity index is 1.40. The molecule has 8 nitrogen and oxygen atoms in total. The zero-order valence-electron chi connectivity index (χ0n) is 19.8. The van der Waals surface area contributed by atoms with Crippen molar-refractivity contribution in [3.63, 3.8) is 0 Å². The maximum atomic E-state index is 12.9. The quantitative estimate of drug-likeness (QED) is 0.254. The van der Waals surface area contributed by atoms with Crippen molar-refractivity contribution in [2.24, 2.45) is 0 Å². The maximum Gasteiger partial charge on any atom is 0.416 e. The van der Waals surface area contributed by atoms with E-state index in [0.717, 1.165) is 12.1 Å². The first-order chi connectivity index (χ1) is 18.3. The molecule has 0 radical (unpaired) electrons.